The van der Waals surface area contributed by atoms with Crippen LogP contribution in [0, 0.1) is 5.92 Å². The number of fused-ring (bicyclic) bond motifs is 1. The normalized spacial score (nSPS) is 15.5. The summed E-state index contributed by atoms with van der Waals surface area (Å²) in [5.41, 5.74) is 0.702. The molecular weight excluding hydrogens is 266 g/mol. The summed E-state index contributed by atoms with van der Waals surface area (Å²) in [6.07, 6.45) is 0.972. The lowest BCUT2D eigenvalue weighted by Crippen LogP contribution is -2.30. The van der Waals surface area contributed by atoms with Crippen molar-refractivity contribution >= 4 is 28.3 Å². The van der Waals surface area contributed by atoms with E-state index in [-0.39, 0.29) is 17.8 Å². The van der Waals surface area contributed by atoms with Gasteiger partial charge in [0.05, 0.1) is 5.92 Å². The van der Waals surface area contributed by atoms with Gasteiger partial charge in [-0.15, -0.1) is 0 Å². The number of ether oxygens (including phenoxy) is 1. The second-order valence-electron chi connectivity index (χ2n) is 5.40. The highest BCUT2D eigenvalue weighted by molar-refractivity contribution is 5.97. The topological polar surface area (TPSA) is 55.4 Å². The molecule has 1 aliphatic rings. The van der Waals surface area contributed by atoms with Crippen LogP contribution in [0.25, 0.3) is 10.8 Å². The number of benzene rings is 2. The summed E-state index contributed by atoms with van der Waals surface area (Å²) in [4.78, 5) is 23.6. The number of hydrogen-bond donors (Lipinski definition) is 1. The molecule has 0 heterocycles. The smallest absolute Gasteiger partial charge is 0.309 e. The van der Waals surface area contributed by atoms with E-state index >= 15 is 0 Å². The summed E-state index contributed by atoms with van der Waals surface area (Å²) in [5.74, 6) is -0.573. The van der Waals surface area contributed by atoms with Crippen molar-refractivity contribution in [2.24, 2.45) is 5.92 Å². The van der Waals surface area contributed by atoms with Gasteiger partial charge in [-0.2, -0.15) is 0 Å². The predicted molar refractivity (Wildman–Crippen MR) is 80.9 cm³/mol. The molecule has 3 rings (SSSR count). The van der Waals surface area contributed by atoms with E-state index in [0.29, 0.717) is 5.69 Å². The summed E-state index contributed by atoms with van der Waals surface area (Å²) in [6, 6.07) is 13.6. The average molecular weight is 283 g/mol. The summed E-state index contributed by atoms with van der Waals surface area (Å²) >= 11 is 0. The molecule has 0 spiro atoms. The van der Waals surface area contributed by atoms with E-state index in [1.165, 1.54) is 0 Å². The molecular formula is C17H17NO3. The van der Waals surface area contributed by atoms with Crippen molar-refractivity contribution in [3.8, 4) is 0 Å². The molecule has 0 aliphatic heterocycles. The number of anilines is 1. The zero-order valence-corrected chi connectivity index (χ0v) is 11.8. The molecule has 4 nitrogen and oxygen atoms in total. The highest BCUT2D eigenvalue weighted by atomic mass is 16.5. The van der Waals surface area contributed by atoms with Crippen molar-refractivity contribution in [2.45, 2.75) is 25.9 Å². The van der Waals surface area contributed by atoms with Crippen molar-refractivity contribution in [3.63, 3.8) is 0 Å². The Morgan fingerprint density at radius 3 is 2.57 bits per heavy atom. The number of amides is 1. The minimum Gasteiger partial charge on any atom is -0.452 e. The summed E-state index contributed by atoms with van der Waals surface area (Å²) in [6.45, 7) is 1.59. The van der Waals surface area contributed by atoms with Gasteiger partial charge in [-0.3, -0.25) is 9.59 Å². The maximum absolute atomic E-state index is 12.0. The summed E-state index contributed by atoms with van der Waals surface area (Å²) in [7, 11) is 0. The van der Waals surface area contributed by atoms with Gasteiger partial charge in [0.15, 0.2) is 6.10 Å². The molecule has 0 unspecified atom stereocenters. The third-order valence-corrected chi connectivity index (χ3v) is 3.59. The zero-order chi connectivity index (χ0) is 14.8. The number of carbonyl (C=O) groups excluding carboxylic acids is 2. The van der Waals surface area contributed by atoms with Crippen LogP contribution in [0.15, 0.2) is 42.5 Å². The van der Waals surface area contributed by atoms with Crippen LogP contribution in [0.3, 0.4) is 0 Å². The Morgan fingerprint density at radius 1 is 1.14 bits per heavy atom. The van der Waals surface area contributed by atoms with E-state index < -0.39 is 6.10 Å². The van der Waals surface area contributed by atoms with E-state index in [1.807, 2.05) is 42.5 Å². The van der Waals surface area contributed by atoms with E-state index in [2.05, 4.69) is 5.32 Å². The van der Waals surface area contributed by atoms with Gasteiger partial charge in [0.25, 0.3) is 5.91 Å². The molecule has 1 N–H and O–H groups in total. The van der Waals surface area contributed by atoms with Gasteiger partial charge < -0.3 is 10.1 Å². The highest BCUT2D eigenvalue weighted by Crippen LogP contribution is 2.30. The number of rotatable bonds is 4. The van der Waals surface area contributed by atoms with Gasteiger partial charge in [-0.1, -0.05) is 30.3 Å². The first-order valence-electron chi connectivity index (χ1n) is 7.13. The Morgan fingerprint density at radius 2 is 1.86 bits per heavy atom. The quantitative estimate of drug-likeness (QED) is 0.877. The molecule has 0 aromatic heterocycles. The van der Waals surface area contributed by atoms with Gasteiger partial charge in [0, 0.05) is 5.69 Å². The van der Waals surface area contributed by atoms with Crippen LogP contribution in [-0.2, 0) is 14.3 Å². The average Bonchev–Trinajstić information content (AvgIpc) is 3.31. The van der Waals surface area contributed by atoms with E-state index in [0.717, 1.165) is 23.6 Å². The molecule has 1 fully saturated rings. The fourth-order valence-electron chi connectivity index (χ4n) is 2.15. The Bertz CT molecular complexity index is 691. The lowest BCUT2D eigenvalue weighted by atomic mass is 10.1. The van der Waals surface area contributed by atoms with Crippen LogP contribution >= 0.6 is 0 Å². The van der Waals surface area contributed by atoms with Gasteiger partial charge >= 0.3 is 5.97 Å². The minimum absolute atomic E-state index is 0.000851. The largest absolute Gasteiger partial charge is 0.452 e. The Labute approximate surface area is 123 Å². The Kier molecular flexibility index (Phi) is 3.60. The minimum atomic E-state index is -0.774. The number of esters is 1. The van der Waals surface area contributed by atoms with Crippen molar-refractivity contribution in [1.82, 2.24) is 0 Å². The number of nitrogens with one attached hydrogen (secondary N) is 1. The maximum atomic E-state index is 12.0. The first-order valence-corrected chi connectivity index (χ1v) is 7.13. The van der Waals surface area contributed by atoms with E-state index in [4.69, 9.17) is 4.74 Å². The van der Waals surface area contributed by atoms with E-state index in [1.54, 1.807) is 6.92 Å². The Hall–Kier alpha value is -2.36. The molecule has 1 saturated carbocycles. The standard InChI is InChI=1S/C17H17NO3/c1-11(21-17(20)13-6-7-13)16(19)18-15-9-8-12-4-2-3-5-14(12)10-15/h2-5,8-11,13H,6-7H2,1H3,(H,18,19)/t11-/m0/s1. The van der Waals surface area contributed by atoms with Crippen molar-refractivity contribution in [1.29, 1.82) is 0 Å². The molecule has 2 aromatic rings. The lowest BCUT2D eigenvalue weighted by Gasteiger charge is -2.13. The first kappa shape index (κ1) is 13.6. The number of hydrogen-bond acceptors (Lipinski definition) is 3. The van der Waals surface area contributed by atoms with Crippen LogP contribution < -0.4 is 5.32 Å². The van der Waals surface area contributed by atoms with Crippen molar-refractivity contribution in [2.75, 3.05) is 5.32 Å². The first-order chi connectivity index (χ1) is 10.1. The van der Waals surface area contributed by atoms with E-state index in [9.17, 15) is 9.59 Å². The monoisotopic (exact) mass is 283 g/mol. The molecule has 0 bridgehead atoms. The predicted octanol–water partition coefficient (Wildman–Crippen LogP) is 3.12. The molecule has 0 radical (unpaired) electrons. The highest BCUT2D eigenvalue weighted by Gasteiger charge is 2.33. The fourth-order valence-corrected chi connectivity index (χ4v) is 2.15. The lowest BCUT2D eigenvalue weighted by molar-refractivity contribution is -0.154. The maximum Gasteiger partial charge on any atom is 0.309 e. The van der Waals surface area contributed by atoms with Crippen LogP contribution in [-0.4, -0.2) is 18.0 Å². The molecule has 1 aliphatic carbocycles. The summed E-state index contributed by atoms with van der Waals surface area (Å²) in [5, 5.41) is 4.95. The van der Waals surface area contributed by atoms with Crippen LogP contribution in [0.5, 0.6) is 0 Å². The third kappa shape index (κ3) is 3.21. The molecule has 2 aromatic carbocycles. The molecule has 21 heavy (non-hydrogen) atoms. The van der Waals surface area contributed by atoms with Gasteiger partial charge in [0.2, 0.25) is 0 Å². The summed E-state index contributed by atoms with van der Waals surface area (Å²) < 4.78 is 5.14. The van der Waals surface area contributed by atoms with Gasteiger partial charge in [-0.25, -0.2) is 0 Å². The molecule has 108 valence electrons. The van der Waals surface area contributed by atoms with Crippen LogP contribution in [0.1, 0.15) is 19.8 Å². The Balaban J connectivity index is 1.65. The van der Waals surface area contributed by atoms with Crippen LogP contribution in [0.2, 0.25) is 0 Å². The SMILES string of the molecule is C[C@H](OC(=O)C1CC1)C(=O)Nc1ccc2ccccc2c1. The second-order valence-corrected chi connectivity index (χ2v) is 5.40. The van der Waals surface area contributed by atoms with Crippen molar-refractivity contribution < 1.29 is 14.3 Å². The van der Waals surface area contributed by atoms with Gasteiger partial charge in [0.1, 0.15) is 0 Å². The molecule has 0 saturated heterocycles. The zero-order valence-electron chi connectivity index (χ0n) is 11.8. The molecule has 4 heteroatoms. The fraction of sp³-hybridized carbons (Fsp3) is 0.294. The number of carbonyl (C=O) groups is 2. The second kappa shape index (κ2) is 5.56. The van der Waals surface area contributed by atoms with Gasteiger partial charge in [-0.05, 0) is 42.7 Å². The van der Waals surface area contributed by atoms with Crippen molar-refractivity contribution in [3.05, 3.63) is 42.5 Å². The third-order valence-electron chi connectivity index (χ3n) is 3.59. The van der Waals surface area contributed by atoms with Crippen LogP contribution in [0.4, 0.5) is 5.69 Å². The molecule has 1 amide bonds. The molecule has 1 atom stereocenters.